The molecule has 0 saturated carbocycles. The number of rotatable bonds is 0. The molecule has 2 heterocycles. The molecule has 24 heavy (non-hydrogen) atoms. The summed E-state index contributed by atoms with van der Waals surface area (Å²) in [4.78, 5) is 29.0. The molecule has 2 aromatic carbocycles. The second kappa shape index (κ2) is 5.78. The number of anilines is 1. The van der Waals surface area contributed by atoms with Crippen LogP contribution in [0, 0.1) is 0 Å². The van der Waals surface area contributed by atoms with Crippen LogP contribution < -0.4 is 4.90 Å². The maximum Gasteiger partial charge on any atom is 0.316 e. The number of hydrogen-bond donors (Lipinski definition) is 0. The lowest BCUT2D eigenvalue weighted by Gasteiger charge is -2.31. The van der Waals surface area contributed by atoms with Crippen molar-refractivity contribution in [1.82, 2.24) is 4.90 Å². The zero-order valence-electron chi connectivity index (χ0n) is 13.7. The van der Waals surface area contributed by atoms with Gasteiger partial charge < -0.3 is 9.80 Å². The number of carbonyl (C=O) groups is 2. The molecule has 0 aliphatic carbocycles. The van der Waals surface area contributed by atoms with E-state index in [1.807, 2.05) is 49.4 Å². The number of amides is 2. The summed E-state index contributed by atoms with van der Waals surface area (Å²) in [6, 6.07) is 16.0. The van der Waals surface area contributed by atoms with Crippen LogP contribution in [0.4, 0.5) is 5.69 Å². The standard InChI is InChI=1S/C20H20N2O2/c1-14-12-16-7-4-5-9-18(16)22(14)20(24)19(23)21-11-10-15-6-2-3-8-17(15)13-21/h2-9,14H,10-13H2,1H3. The highest BCUT2D eigenvalue weighted by Crippen LogP contribution is 2.32. The van der Waals surface area contributed by atoms with Crippen LogP contribution in [0.15, 0.2) is 48.5 Å². The van der Waals surface area contributed by atoms with Crippen LogP contribution in [0.1, 0.15) is 23.6 Å². The predicted octanol–water partition coefficient (Wildman–Crippen LogP) is 2.55. The summed E-state index contributed by atoms with van der Waals surface area (Å²) in [5.41, 5.74) is 4.42. The SMILES string of the molecule is CC1Cc2ccccc2N1C(=O)C(=O)N1CCc2ccccc2C1. The molecule has 1 unspecified atom stereocenters. The third-order valence-corrected chi connectivity index (χ3v) is 5.03. The third-order valence-electron chi connectivity index (χ3n) is 5.03. The normalized spacial score (nSPS) is 19.0. The van der Waals surface area contributed by atoms with Crippen LogP contribution >= 0.6 is 0 Å². The lowest BCUT2D eigenvalue weighted by atomic mass is 10.00. The molecule has 0 radical (unpaired) electrons. The summed E-state index contributed by atoms with van der Waals surface area (Å²) in [5.74, 6) is -0.806. The van der Waals surface area contributed by atoms with Gasteiger partial charge in [-0.2, -0.15) is 0 Å². The van der Waals surface area contributed by atoms with Gasteiger partial charge in [-0.15, -0.1) is 0 Å². The first-order valence-electron chi connectivity index (χ1n) is 8.42. The Hall–Kier alpha value is -2.62. The molecular weight excluding hydrogens is 300 g/mol. The second-order valence-corrected chi connectivity index (χ2v) is 6.60. The number of para-hydroxylation sites is 1. The predicted molar refractivity (Wildman–Crippen MR) is 92.7 cm³/mol. The molecule has 4 nitrogen and oxygen atoms in total. The molecule has 0 spiro atoms. The lowest BCUT2D eigenvalue weighted by Crippen LogP contribution is -2.48. The maximum absolute atomic E-state index is 12.9. The van der Waals surface area contributed by atoms with E-state index < -0.39 is 11.8 Å². The average molecular weight is 320 g/mol. The van der Waals surface area contributed by atoms with Gasteiger partial charge in [-0.25, -0.2) is 0 Å². The minimum atomic E-state index is -0.410. The van der Waals surface area contributed by atoms with Gasteiger partial charge in [-0.1, -0.05) is 42.5 Å². The van der Waals surface area contributed by atoms with E-state index in [2.05, 4.69) is 6.07 Å². The average Bonchev–Trinajstić information content (AvgIpc) is 2.95. The molecule has 122 valence electrons. The van der Waals surface area contributed by atoms with Crippen molar-refractivity contribution >= 4 is 17.5 Å². The van der Waals surface area contributed by atoms with Gasteiger partial charge in [0.15, 0.2) is 0 Å². The maximum atomic E-state index is 12.9. The van der Waals surface area contributed by atoms with Crippen molar-refractivity contribution in [1.29, 1.82) is 0 Å². The summed E-state index contributed by atoms with van der Waals surface area (Å²) in [7, 11) is 0. The minimum absolute atomic E-state index is 0.0240. The van der Waals surface area contributed by atoms with Crippen molar-refractivity contribution in [3.05, 3.63) is 65.2 Å². The summed E-state index contributed by atoms with van der Waals surface area (Å²) in [6.07, 6.45) is 1.61. The van der Waals surface area contributed by atoms with Gasteiger partial charge in [-0.05, 0) is 42.5 Å². The Bertz CT molecular complexity index is 815. The first-order chi connectivity index (χ1) is 11.6. The fourth-order valence-corrected chi connectivity index (χ4v) is 3.78. The zero-order chi connectivity index (χ0) is 16.7. The molecular formula is C20H20N2O2. The van der Waals surface area contributed by atoms with Crippen LogP contribution in [0.2, 0.25) is 0 Å². The number of carbonyl (C=O) groups excluding carboxylic acids is 2. The Morgan fingerprint density at radius 3 is 2.38 bits per heavy atom. The summed E-state index contributed by atoms with van der Waals surface area (Å²) < 4.78 is 0. The molecule has 0 N–H and O–H groups in total. The summed E-state index contributed by atoms with van der Waals surface area (Å²) in [5, 5.41) is 0. The number of benzene rings is 2. The Balaban J connectivity index is 1.56. The molecule has 0 saturated heterocycles. The van der Waals surface area contributed by atoms with Crippen LogP contribution in [-0.4, -0.2) is 29.3 Å². The van der Waals surface area contributed by atoms with Crippen LogP contribution in [0.25, 0.3) is 0 Å². The number of nitrogens with zero attached hydrogens (tertiary/aromatic N) is 2. The van der Waals surface area contributed by atoms with Crippen LogP contribution in [0.5, 0.6) is 0 Å². The first kappa shape index (κ1) is 14.9. The Kier molecular flexibility index (Phi) is 3.60. The van der Waals surface area contributed by atoms with Crippen molar-refractivity contribution in [3.63, 3.8) is 0 Å². The highest BCUT2D eigenvalue weighted by Gasteiger charge is 2.36. The molecule has 0 aromatic heterocycles. The zero-order valence-corrected chi connectivity index (χ0v) is 13.7. The van der Waals surface area contributed by atoms with Crippen molar-refractivity contribution < 1.29 is 9.59 Å². The molecule has 1 atom stereocenters. The monoisotopic (exact) mass is 320 g/mol. The van der Waals surface area contributed by atoms with Gasteiger partial charge in [0.25, 0.3) is 0 Å². The number of hydrogen-bond acceptors (Lipinski definition) is 2. The highest BCUT2D eigenvalue weighted by atomic mass is 16.2. The Morgan fingerprint density at radius 1 is 0.917 bits per heavy atom. The van der Waals surface area contributed by atoms with Crippen LogP contribution in [-0.2, 0) is 29.0 Å². The lowest BCUT2D eigenvalue weighted by molar-refractivity contribution is -0.145. The van der Waals surface area contributed by atoms with E-state index in [4.69, 9.17) is 0 Å². The van der Waals surface area contributed by atoms with Crippen molar-refractivity contribution in [2.45, 2.75) is 32.4 Å². The van der Waals surface area contributed by atoms with E-state index in [0.717, 1.165) is 29.7 Å². The van der Waals surface area contributed by atoms with Crippen molar-refractivity contribution in [3.8, 4) is 0 Å². The first-order valence-corrected chi connectivity index (χ1v) is 8.42. The van der Waals surface area contributed by atoms with E-state index in [9.17, 15) is 9.59 Å². The van der Waals surface area contributed by atoms with Crippen molar-refractivity contribution in [2.24, 2.45) is 0 Å². The van der Waals surface area contributed by atoms with E-state index in [0.29, 0.717) is 13.1 Å². The fourth-order valence-electron chi connectivity index (χ4n) is 3.78. The van der Waals surface area contributed by atoms with E-state index >= 15 is 0 Å². The van der Waals surface area contributed by atoms with Gasteiger partial charge in [0, 0.05) is 24.8 Å². The van der Waals surface area contributed by atoms with Gasteiger partial charge >= 0.3 is 11.8 Å². The molecule has 2 amide bonds. The smallest absolute Gasteiger partial charge is 0.316 e. The van der Waals surface area contributed by atoms with E-state index in [1.54, 1.807) is 9.80 Å². The molecule has 0 fully saturated rings. The Labute approximate surface area is 141 Å². The van der Waals surface area contributed by atoms with E-state index in [1.165, 1.54) is 5.56 Å². The highest BCUT2D eigenvalue weighted by molar-refractivity contribution is 6.40. The van der Waals surface area contributed by atoms with Gasteiger partial charge in [0.1, 0.15) is 0 Å². The largest absolute Gasteiger partial charge is 0.330 e. The molecule has 2 aliphatic heterocycles. The van der Waals surface area contributed by atoms with Crippen LogP contribution in [0.3, 0.4) is 0 Å². The number of fused-ring (bicyclic) bond motifs is 2. The minimum Gasteiger partial charge on any atom is -0.330 e. The summed E-state index contributed by atoms with van der Waals surface area (Å²) in [6.45, 7) is 3.12. The topological polar surface area (TPSA) is 40.6 Å². The van der Waals surface area contributed by atoms with E-state index in [-0.39, 0.29) is 6.04 Å². The van der Waals surface area contributed by atoms with Crippen molar-refractivity contribution in [2.75, 3.05) is 11.4 Å². The van der Waals surface area contributed by atoms with Gasteiger partial charge in [-0.3, -0.25) is 9.59 Å². The fraction of sp³-hybridized carbons (Fsp3) is 0.300. The molecule has 2 aliphatic rings. The molecule has 2 aromatic rings. The summed E-state index contributed by atoms with van der Waals surface area (Å²) >= 11 is 0. The third kappa shape index (κ3) is 2.39. The van der Waals surface area contributed by atoms with Gasteiger partial charge in [0.05, 0.1) is 0 Å². The quantitative estimate of drug-likeness (QED) is 0.700. The van der Waals surface area contributed by atoms with Gasteiger partial charge in [0.2, 0.25) is 0 Å². The molecule has 0 bridgehead atoms. The second-order valence-electron chi connectivity index (χ2n) is 6.60. The Morgan fingerprint density at radius 2 is 1.58 bits per heavy atom. The molecule has 4 heteroatoms. The molecule has 4 rings (SSSR count).